The van der Waals surface area contributed by atoms with E-state index in [2.05, 4.69) is 20.9 Å². The van der Waals surface area contributed by atoms with Gasteiger partial charge in [-0.05, 0) is 42.3 Å². The lowest BCUT2D eigenvalue weighted by molar-refractivity contribution is -0.122. The minimum atomic E-state index is -0.0643. The molecule has 1 aromatic heterocycles. The Morgan fingerprint density at radius 1 is 1.29 bits per heavy atom. The number of imidazole rings is 1. The minimum absolute atomic E-state index is 0.0236. The molecule has 1 aliphatic rings. The van der Waals surface area contributed by atoms with Gasteiger partial charge in [0.2, 0.25) is 5.91 Å². The Balaban J connectivity index is 1.56. The Bertz CT molecular complexity index is 1110. The third kappa shape index (κ3) is 4.55. The number of hydrogen-bond donors (Lipinski definition) is 1. The molecule has 1 atom stereocenters. The monoisotopic (exact) mass is 435 g/mol. The van der Waals surface area contributed by atoms with Gasteiger partial charge in [0.05, 0.1) is 37.3 Å². The zero-order valence-electron chi connectivity index (χ0n) is 17.1. The van der Waals surface area contributed by atoms with E-state index in [0.29, 0.717) is 35.8 Å². The van der Waals surface area contributed by atoms with Gasteiger partial charge >= 0.3 is 0 Å². The topological polar surface area (TPSA) is 85.2 Å². The van der Waals surface area contributed by atoms with Crippen molar-refractivity contribution in [3.05, 3.63) is 76.8 Å². The van der Waals surface area contributed by atoms with E-state index in [9.17, 15) is 10.1 Å². The number of carbonyl (C=O) groups is 1. The van der Waals surface area contributed by atoms with Gasteiger partial charge in [-0.2, -0.15) is 5.26 Å². The van der Waals surface area contributed by atoms with Gasteiger partial charge in [0.15, 0.2) is 0 Å². The predicted octanol–water partition coefficient (Wildman–Crippen LogP) is 3.58. The molecule has 1 saturated heterocycles. The number of carbonyl (C=O) groups excluding carboxylic acids is 1. The first-order valence-corrected chi connectivity index (χ1v) is 10.3. The van der Waals surface area contributed by atoms with Crippen LogP contribution in [0.4, 0.5) is 5.69 Å². The van der Waals surface area contributed by atoms with Crippen molar-refractivity contribution < 1.29 is 9.53 Å². The van der Waals surface area contributed by atoms with Crippen LogP contribution in [0, 0.1) is 11.3 Å². The van der Waals surface area contributed by atoms with Crippen molar-refractivity contribution in [3.8, 4) is 11.8 Å². The van der Waals surface area contributed by atoms with Crippen LogP contribution in [0.1, 0.15) is 22.9 Å². The van der Waals surface area contributed by atoms with Gasteiger partial charge < -0.3 is 14.6 Å². The number of piperazine rings is 1. The Labute approximate surface area is 185 Å². The molecule has 0 saturated carbocycles. The largest absolute Gasteiger partial charge is 0.495 e. The summed E-state index contributed by atoms with van der Waals surface area (Å²) in [6.07, 6.45) is 4.08. The predicted molar refractivity (Wildman–Crippen MR) is 118 cm³/mol. The zero-order chi connectivity index (χ0) is 21.8. The number of benzene rings is 2. The molecule has 8 heteroatoms. The van der Waals surface area contributed by atoms with Gasteiger partial charge in [-0.1, -0.05) is 23.7 Å². The maximum absolute atomic E-state index is 13.0. The van der Waals surface area contributed by atoms with Crippen molar-refractivity contribution in [2.24, 2.45) is 0 Å². The number of H-pyrrole nitrogens is 1. The van der Waals surface area contributed by atoms with Crippen LogP contribution in [0.25, 0.3) is 0 Å². The Morgan fingerprint density at radius 3 is 2.84 bits per heavy atom. The van der Waals surface area contributed by atoms with Crippen molar-refractivity contribution in [1.29, 1.82) is 5.26 Å². The summed E-state index contributed by atoms with van der Waals surface area (Å²) in [5, 5.41) is 9.85. The molecule has 1 N–H and O–H groups in total. The molecule has 0 radical (unpaired) electrons. The highest BCUT2D eigenvalue weighted by molar-refractivity contribution is 6.30. The number of aromatic amines is 1. The van der Waals surface area contributed by atoms with E-state index in [-0.39, 0.29) is 18.5 Å². The van der Waals surface area contributed by atoms with Crippen LogP contribution in [0.5, 0.6) is 5.75 Å². The summed E-state index contributed by atoms with van der Waals surface area (Å²) < 4.78 is 5.36. The SMILES string of the molecule is COc1cc(CC(c2cnc[nH]2)N2CCN(c3cccc(Cl)c3)C(=O)C2)ccc1C#N. The quantitative estimate of drug-likeness (QED) is 0.639. The summed E-state index contributed by atoms with van der Waals surface area (Å²) in [4.78, 5) is 24.3. The average molecular weight is 436 g/mol. The van der Waals surface area contributed by atoms with E-state index >= 15 is 0 Å². The van der Waals surface area contributed by atoms with Crippen LogP contribution in [0.15, 0.2) is 55.0 Å². The van der Waals surface area contributed by atoms with Gasteiger partial charge in [0.1, 0.15) is 11.8 Å². The number of ether oxygens (including phenoxy) is 1. The highest BCUT2D eigenvalue weighted by Crippen LogP contribution is 2.29. The summed E-state index contributed by atoms with van der Waals surface area (Å²) in [5.41, 5.74) is 3.26. The second-order valence-electron chi connectivity index (χ2n) is 7.37. The number of rotatable bonds is 6. The molecule has 2 aromatic carbocycles. The molecule has 7 nitrogen and oxygen atoms in total. The zero-order valence-corrected chi connectivity index (χ0v) is 17.8. The van der Waals surface area contributed by atoms with E-state index in [1.54, 1.807) is 36.7 Å². The smallest absolute Gasteiger partial charge is 0.241 e. The maximum atomic E-state index is 13.0. The number of aromatic nitrogens is 2. The number of nitrogens with one attached hydrogen (secondary N) is 1. The average Bonchev–Trinajstić information content (AvgIpc) is 3.31. The van der Waals surface area contributed by atoms with E-state index in [4.69, 9.17) is 16.3 Å². The molecule has 0 aliphatic carbocycles. The fraction of sp³-hybridized carbons (Fsp3) is 0.261. The fourth-order valence-electron chi connectivity index (χ4n) is 3.94. The number of amides is 1. The summed E-state index contributed by atoms with van der Waals surface area (Å²) >= 11 is 6.11. The number of methoxy groups -OCH3 is 1. The molecule has 2 heterocycles. The number of nitrogens with zero attached hydrogens (tertiary/aromatic N) is 4. The number of hydrogen-bond acceptors (Lipinski definition) is 5. The van der Waals surface area contributed by atoms with Crippen LogP contribution >= 0.6 is 11.6 Å². The molecule has 0 bridgehead atoms. The lowest BCUT2D eigenvalue weighted by atomic mass is 9.99. The van der Waals surface area contributed by atoms with E-state index in [1.807, 2.05) is 30.3 Å². The van der Waals surface area contributed by atoms with Crippen molar-refractivity contribution >= 4 is 23.2 Å². The lowest BCUT2D eigenvalue weighted by Crippen LogP contribution is -2.51. The Hall–Kier alpha value is -3.34. The van der Waals surface area contributed by atoms with E-state index in [0.717, 1.165) is 16.9 Å². The van der Waals surface area contributed by atoms with Gasteiger partial charge in [-0.3, -0.25) is 9.69 Å². The normalized spacial score (nSPS) is 15.5. The third-order valence-corrected chi connectivity index (χ3v) is 5.74. The number of anilines is 1. The summed E-state index contributed by atoms with van der Waals surface area (Å²) in [6.45, 7) is 1.56. The summed E-state index contributed by atoms with van der Waals surface area (Å²) in [6, 6.07) is 15.0. The highest BCUT2D eigenvalue weighted by Gasteiger charge is 2.31. The van der Waals surface area contributed by atoms with Gasteiger partial charge in [0, 0.05) is 30.0 Å². The van der Waals surface area contributed by atoms with Crippen LogP contribution < -0.4 is 9.64 Å². The molecule has 1 aliphatic heterocycles. The molecular formula is C23H22ClN5O2. The van der Waals surface area contributed by atoms with Crippen molar-refractivity contribution in [2.45, 2.75) is 12.5 Å². The molecule has 0 spiro atoms. The third-order valence-electron chi connectivity index (χ3n) is 5.50. The first-order valence-electron chi connectivity index (χ1n) is 9.94. The second kappa shape index (κ2) is 9.21. The lowest BCUT2D eigenvalue weighted by Gasteiger charge is -2.38. The Morgan fingerprint density at radius 2 is 2.16 bits per heavy atom. The van der Waals surface area contributed by atoms with Crippen molar-refractivity contribution in [1.82, 2.24) is 14.9 Å². The van der Waals surface area contributed by atoms with Crippen molar-refractivity contribution in [2.75, 3.05) is 31.6 Å². The van der Waals surface area contributed by atoms with Crippen LogP contribution in [0.2, 0.25) is 5.02 Å². The Kier molecular flexibility index (Phi) is 6.21. The second-order valence-corrected chi connectivity index (χ2v) is 7.81. The fourth-order valence-corrected chi connectivity index (χ4v) is 4.12. The minimum Gasteiger partial charge on any atom is -0.495 e. The first-order chi connectivity index (χ1) is 15.1. The highest BCUT2D eigenvalue weighted by atomic mass is 35.5. The molecule has 3 aromatic rings. The molecule has 158 valence electrons. The van der Waals surface area contributed by atoms with Crippen molar-refractivity contribution in [3.63, 3.8) is 0 Å². The molecule has 1 unspecified atom stereocenters. The van der Waals surface area contributed by atoms with Crippen LogP contribution in [-0.4, -0.2) is 47.5 Å². The molecule has 1 amide bonds. The molecule has 1 fully saturated rings. The van der Waals surface area contributed by atoms with Gasteiger partial charge in [0.25, 0.3) is 0 Å². The summed E-state index contributed by atoms with van der Waals surface area (Å²) in [7, 11) is 1.56. The standard InChI is InChI=1S/C23H22ClN5O2/c1-31-22-10-16(5-6-17(22)12-25)9-21(20-13-26-15-27-20)28-7-8-29(23(30)14-28)19-4-2-3-18(24)11-19/h2-6,10-11,13,15,21H,7-9,14H2,1H3,(H,26,27). The van der Waals surface area contributed by atoms with E-state index < -0.39 is 0 Å². The van der Waals surface area contributed by atoms with Gasteiger partial charge in [-0.25, -0.2) is 4.98 Å². The molecular weight excluding hydrogens is 414 g/mol. The number of halogens is 1. The number of nitriles is 1. The van der Waals surface area contributed by atoms with E-state index in [1.165, 1.54) is 0 Å². The van der Waals surface area contributed by atoms with Gasteiger partial charge in [-0.15, -0.1) is 0 Å². The van der Waals surface area contributed by atoms with Crippen LogP contribution in [0.3, 0.4) is 0 Å². The molecule has 4 rings (SSSR count). The summed E-state index contributed by atoms with van der Waals surface area (Å²) in [5.74, 6) is 0.570. The van der Waals surface area contributed by atoms with Crippen LogP contribution in [-0.2, 0) is 11.2 Å². The first kappa shape index (κ1) is 20.9. The maximum Gasteiger partial charge on any atom is 0.241 e. The molecule has 31 heavy (non-hydrogen) atoms.